The van der Waals surface area contributed by atoms with Crippen LogP contribution in [0.3, 0.4) is 0 Å². The number of esters is 1. The van der Waals surface area contributed by atoms with E-state index in [-0.39, 0.29) is 19.2 Å². The summed E-state index contributed by atoms with van der Waals surface area (Å²) in [5, 5.41) is 40.2. The summed E-state index contributed by atoms with van der Waals surface area (Å²) in [7, 11) is 0. The van der Waals surface area contributed by atoms with E-state index in [9.17, 15) is 25.2 Å². The standard InChI is InChI=1S/C41H80O8/c1-5-7-9-19-25-33(3)27-21-15-12-11-13-18-24-30-47-31-35(32-48-41-39(45)37(43)38(44)40(41)46)49-36(42)29-23-17-14-16-22-28-34(4)26-20-10-8-6-2/h33-35,37-41,43-46H,5-32H2,1-4H3/t33-,34+,35-,37+,38+,39-,40-/m0/s1. The third-order valence-corrected chi connectivity index (χ3v) is 10.5. The molecule has 0 unspecified atom stereocenters. The Morgan fingerprint density at radius 3 is 1.41 bits per heavy atom. The van der Waals surface area contributed by atoms with E-state index in [2.05, 4.69) is 27.7 Å². The van der Waals surface area contributed by atoms with Crippen LogP contribution < -0.4 is 0 Å². The minimum atomic E-state index is -1.49. The fourth-order valence-electron chi connectivity index (χ4n) is 6.99. The summed E-state index contributed by atoms with van der Waals surface area (Å²) < 4.78 is 17.2. The summed E-state index contributed by atoms with van der Waals surface area (Å²) in [6.45, 7) is 9.91. The van der Waals surface area contributed by atoms with Gasteiger partial charge >= 0.3 is 5.97 Å². The average Bonchev–Trinajstić information content (AvgIpc) is 3.26. The third-order valence-electron chi connectivity index (χ3n) is 10.5. The lowest BCUT2D eigenvalue weighted by atomic mass is 9.96. The molecule has 0 aliphatic heterocycles. The highest BCUT2D eigenvalue weighted by molar-refractivity contribution is 5.69. The van der Waals surface area contributed by atoms with Crippen molar-refractivity contribution >= 4 is 5.97 Å². The van der Waals surface area contributed by atoms with E-state index in [1.54, 1.807) is 0 Å². The Labute approximate surface area is 301 Å². The van der Waals surface area contributed by atoms with Crippen LogP contribution >= 0.6 is 0 Å². The summed E-state index contributed by atoms with van der Waals surface area (Å²) in [5.41, 5.74) is 0. The van der Waals surface area contributed by atoms with Crippen molar-refractivity contribution in [2.75, 3.05) is 19.8 Å². The lowest BCUT2D eigenvalue weighted by molar-refractivity contribution is -0.163. The molecule has 1 rings (SSSR count). The topological polar surface area (TPSA) is 126 Å². The highest BCUT2D eigenvalue weighted by Gasteiger charge is 2.49. The van der Waals surface area contributed by atoms with Gasteiger partial charge in [-0.25, -0.2) is 0 Å². The van der Waals surface area contributed by atoms with Gasteiger partial charge in [-0.2, -0.15) is 0 Å². The predicted octanol–water partition coefficient (Wildman–Crippen LogP) is 8.82. The van der Waals surface area contributed by atoms with Crippen LogP contribution in [0.1, 0.15) is 188 Å². The zero-order valence-electron chi connectivity index (χ0n) is 32.3. The zero-order valence-corrected chi connectivity index (χ0v) is 32.3. The first-order valence-corrected chi connectivity index (χ1v) is 20.8. The number of carbonyl (C=O) groups excluding carboxylic acids is 1. The van der Waals surface area contributed by atoms with E-state index in [1.165, 1.54) is 122 Å². The van der Waals surface area contributed by atoms with E-state index in [0.29, 0.717) is 13.0 Å². The van der Waals surface area contributed by atoms with Gasteiger partial charge in [0, 0.05) is 13.0 Å². The van der Waals surface area contributed by atoms with Gasteiger partial charge in [-0.15, -0.1) is 0 Å². The summed E-state index contributed by atoms with van der Waals surface area (Å²) in [5.74, 6) is 1.34. The molecule has 8 heteroatoms. The van der Waals surface area contributed by atoms with Crippen LogP contribution in [0.2, 0.25) is 0 Å². The molecule has 0 saturated heterocycles. The summed E-state index contributed by atoms with van der Waals surface area (Å²) in [4.78, 5) is 12.7. The maximum absolute atomic E-state index is 12.7. The van der Waals surface area contributed by atoms with Crippen molar-refractivity contribution in [1.29, 1.82) is 0 Å². The lowest BCUT2D eigenvalue weighted by Crippen LogP contribution is -2.39. The Morgan fingerprint density at radius 2 is 0.939 bits per heavy atom. The molecular weight excluding hydrogens is 620 g/mol. The third kappa shape index (κ3) is 23.4. The maximum Gasteiger partial charge on any atom is 0.306 e. The number of ether oxygens (including phenoxy) is 3. The van der Waals surface area contributed by atoms with Crippen molar-refractivity contribution in [3.63, 3.8) is 0 Å². The summed E-state index contributed by atoms with van der Waals surface area (Å²) in [6, 6.07) is 0. The zero-order chi connectivity index (χ0) is 36.1. The molecule has 0 bridgehead atoms. The van der Waals surface area contributed by atoms with E-state index < -0.39 is 36.6 Å². The molecule has 8 nitrogen and oxygen atoms in total. The molecule has 4 N–H and O–H groups in total. The van der Waals surface area contributed by atoms with Crippen LogP contribution in [0.5, 0.6) is 0 Å². The second-order valence-electron chi connectivity index (χ2n) is 15.4. The van der Waals surface area contributed by atoms with Crippen molar-refractivity contribution in [2.45, 2.75) is 225 Å². The largest absolute Gasteiger partial charge is 0.457 e. The molecule has 0 radical (unpaired) electrons. The van der Waals surface area contributed by atoms with Crippen LogP contribution in [-0.2, 0) is 19.0 Å². The van der Waals surface area contributed by atoms with E-state index in [4.69, 9.17) is 14.2 Å². The Bertz CT molecular complexity index is 737. The molecule has 7 atom stereocenters. The van der Waals surface area contributed by atoms with Crippen molar-refractivity contribution in [1.82, 2.24) is 0 Å². The summed E-state index contributed by atoms with van der Waals surface area (Å²) in [6.07, 6.45) is 22.5. The van der Waals surface area contributed by atoms with Crippen molar-refractivity contribution in [2.24, 2.45) is 11.8 Å². The molecule has 0 aromatic heterocycles. The van der Waals surface area contributed by atoms with Crippen molar-refractivity contribution < 1.29 is 39.4 Å². The van der Waals surface area contributed by atoms with Gasteiger partial charge in [0.15, 0.2) is 0 Å². The van der Waals surface area contributed by atoms with Crippen LogP contribution in [0, 0.1) is 11.8 Å². The summed E-state index contributed by atoms with van der Waals surface area (Å²) >= 11 is 0. The fourth-order valence-corrected chi connectivity index (χ4v) is 6.99. The van der Waals surface area contributed by atoms with Crippen molar-refractivity contribution in [3.8, 4) is 0 Å². The van der Waals surface area contributed by atoms with Gasteiger partial charge in [-0.05, 0) is 24.7 Å². The quantitative estimate of drug-likeness (QED) is 0.0388. The smallest absolute Gasteiger partial charge is 0.306 e. The second kappa shape index (κ2) is 30.8. The van der Waals surface area contributed by atoms with Gasteiger partial charge in [0.05, 0.1) is 13.2 Å². The first-order valence-electron chi connectivity index (χ1n) is 20.8. The van der Waals surface area contributed by atoms with Gasteiger partial charge in [0.25, 0.3) is 0 Å². The van der Waals surface area contributed by atoms with Gasteiger partial charge in [0.2, 0.25) is 0 Å². The number of unbranched alkanes of at least 4 members (excludes halogenated alkanes) is 16. The van der Waals surface area contributed by atoms with Gasteiger partial charge in [0.1, 0.15) is 36.6 Å². The predicted molar refractivity (Wildman–Crippen MR) is 200 cm³/mol. The Morgan fingerprint density at radius 1 is 0.531 bits per heavy atom. The van der Waals surface area contributed by atoms with Gasteiger partial charge in [-0.3, -0.25) is 4.79 Å². The molecule has 292 valence electrons. The SMILES string of the molecule is CCCCCC[C@@H](C)CCCCCCCC(=O)O[C@@H](COCCCCCCCCC[C@@H](C)CCCCCC)COC1[C@@H](O)[C@H](O)[C@@H](O)[C@@H]1O. The number of hydrogen-bond acceptors (Lipinski definition) is 8. The highest BCUT2D eigenvalue weighted by atomic mass is 16.6. The van der Waals surface area contributed by atoms with Gasteiger partial charge in [-0.1, -0.05) is 169 Å². The highest BCUT2D eigenvalue weighted by Crippen LogP contribution is 2.25. The van der Waals surface area contributed by atoms with E-state index >= 15 is 0 Å². The lowest BCUT2D eigenvalue weighted by Gasteiger charge is -2.24. The molecule has 0 aromatic rings. The van der Waals surface area contributed by atoms with Crippen LogP contribution in [-0.4, -0.2) is 82.8 Å². The Balaban J connectivity index is 2.26. The van der Waals surface area contributed by atoms with Gasteiger partial charge < -0.3 is 34.6 Å². The normalized spacial score (nSPS) is 21.6. The molecule has 1 aliphatic rings. The fraction of sp³-hybridized carbons (Fsp3) is 0.976. The Hall–Kier alpha value is -0.770. The molecule has 1 saturated carbocycles. The molecule has 0 spiro atoms. The Kier molecular flexibility index (Phi) is 29.1. The maximum atomic E-state index is 12.7. The minimum Gasteiger partial charge on any atom is -0.457 e. The number of rotatable bonds is 34. The second-order valence-corrected chi connectivity index (χ2v) is 15.4. The minimum absolute atomic E-state index is 0.0993. The monoisotopic (exact) mass is 701 g/mol. The van der Waals surface area contributed by atoms with E-state index in [1.807, 2.05) is 0 Å². The average molecular weight is 701 g/mol. The first-order chi connectivity index (χ1) is 23.7. The molecule has 0 heterocycles. The van der Waals surface area contributed by atoms with Crippen LogP contribution in [0.4, 0.5) is 0 Å². The van der Waals surface area contributed by atoms with Crippen LogP contribution in [0.25, 0.3) is 0 Å². The van der Waals surface area contributed by atoms with Crippen LogP contribution in [0.15, 0.2) is 0 Å². The van der Waals surface area contributed by atoms with E-state index in [0.717, 1.165) is 43.9 Å². The molecule has 1 fully saturated rings. The van der Waals surface area contributed by atoms with Crippen molar-refractivity contribution in [3.05, 3.63) is 0 Å². The number of hydrogen-bond donors (Lipinski definition) is 4. The molecular formula is C41H80O8. The number of carbonyl (C=O) groups is 1. The molecule has 1 aliphatic carbocycles. The number of aliphatic hydroxyl groups is 4. The number of aliphatic hydroxyl groups excluding tert-OH is 4. The molecule has 0 amide bonds. The first kappa shape index (κ1) is 46.3. The molecule has 0 aromatic carbocycles. The molecule has 49 heavy (non-hydrogen) atoms.